The number of benzene rings is 3. The van der Waals surface area contributed by atoms with Crippen LogP contribution in [0.5, 0.6) is 5.75 Å². The lowest BCUT2D eigenvalue weighted by Gasteiger charge is -2.33. The van der Waals surface area contributed by atoms with Crippen LogP contribution in [0, 0.1) is 6.92 Å². The quantitative estimate of drug-likeness (QED) is 0.281. The van der Waals surface area contributed by atoms with Crippen LogP contribution in [-0.4, -0.2) is 50.9 Å². The van der Waals surface area contributed by atoms with Gasteiger partial charge in [-0.2, -0.15) is 0 Å². The number of hydrogen-bond donors (Lipinski definition) is 1. The maximum absolute atomic E-state index is 14.1. The molecule has 1 saturated carbocycles. The predicted molar refractivity (Wildman–Crippen MR) is 166 cm³/mol. The van der Waals surface area contributed by atoms with E-state index in [0.717, 1.165) is 41.1 Å². The van der Waals surface area contributed by atoms with Crippen molar-refractivity contribution in [2.75, 3.05) is 18.0 Å². The summed E-state index contributed by atoms with van der Waals surface area (Å²) in [5.41, 5.74) is 1.73. The third-order valence-electron chi connectivity index (χ3n) is 7.43. The van der Waals surface area contributed by atoms with Crippen molar-refractivity contribution in [3.05, 3.63) is 87.9 Å². The van der Waals surface area contributed by atoms with Crippen molar-refractivity contribution >= 4 is 50.7 Å². The lowest BCUT2D eigenvalue weighted by atomic mass is 10.1. The van der Waals surface area contributed by atoms with Crippen LogP contribution >= 0.6 is 23.2 Å². The summed E-state index contributed by atoms with van der Waals surface area (Å²) in [6, 6.07) is 17.0. The van der Waals surface area contributed by atoms with E-state index in [2.05, 4.69) is 5.32 Å². The highest BCUT2D eigenvalue weighted by molar-refractivity contribution is 7.92. The van der Waals surface area contributed by atoms with Crippen molar-refractivity contribution in [2.24, 2.45) is 0 Å². The molecule has 3 aromatic rings. The number of anilines is 1. The summed E-state index contributed by atoms with van der Waals surface area (Å²) in [5.74, 6) is -0.645. The number of carbonyl (C=O) groups excluding carboxylic acids is 2. The van der Waals surface area contributed by atoms with Gasteiger partial charge in [-0.15, -0.1) is 0 Å². The van der Waals surface area contributed by atoms with Crippen LogP contribution in [0.2, 0.25) is 10.0 Å². The Morgan fingerprint density at radius 2 is 1.60 bits per heavy atom. The van der Waals surface area contributed by atoms with Crippen molar-refractivity contribution in [2.45, 2.75) is 63.1 Å². The standard InChI is InChI=1S/C31H35Cl2N3O5S/c1-21-8-15-27(16-9-21)42(39,40)36(28-18-25(33)14-17-29(28)41-3)20-30(37)35(19-23-10-12-24(32)13-11-23)22(2)31(38)34-26-6-4-5-7-26/h8-18,22,26H,4-7,19-20H2,1-3H3,(H,34,38)/t22-/m1/s1. The Morgan fingerprint density at radius 1 is 0.976 bits per heavy atom. The highest BCUT2D eigenvalue weighted by atomic mass is 35.5. The average molecular weight is 633 g/mol. The molecule has 42 heavy (non-hydrogen) atoms. The van der Waals surface area contributed by atoms with E-state index < -0.39 is 28.5 Å². The summed E-state index contributed by atoms with van der Waals surface area (Å²) in [4.78, 5) is 28.9. The number of hydrogen-bond acceptors (Lipinski definition) is 5. The van der Waals surface area contributed by atoms with Crippen molar-refractivity contribution < 1.29 is 22.7 Å². The van der Waals surface area contributed by atoms with E-state index in [1.165, 1.54) is 30.2 Å². The monoisotopic (exact) mass is 631 g/mol. The number of carbonyl (C=O) groups is 2. The van der Waals surface area contributed by atoms with Gasteiger partial charge in [0.2, 0.25) is 11.8 Å². The second-order valence-electron chi connectivity index (χ2n) is 10.5. The Hall–Kier alpha value is -3.27. The Morgan fingerprint density at radius 3 is 2.21 bits per heavy atom. The first-order valence-electron chi connectivity index (χ1n) is 13.8. The minimum Gasteiger partial charge on any atom is -0.495 e. The number of methoxy groups -OCH3 is 1. The topological polar surface area (TPSA) is 96.0 Å². The van der Waals surface area contributed by atoms with Crippen LogP contribution in [0.25, 0.3) is 0 Å². The van der Waals surface area contributed by atoms with E-state index in [4.69, 9.17) is 27.9 Å². The minimum absolute atomic E-state index is 0.000736. The summed E-state index contributed by atoms with van der Waals surface area (Å²) in [7, 11) is -2.85. The van der Waals surface area contributed by atoms with Crippen LogP contribution < -0.4 is 14.4 Å². The molecule has 1 fully saturated rings. The van der Waals surface area contributed by atoms with Gasteiger partial charge in [0.1, 0.15) is 18.3 Å². The molecule has 0 aromatic heterocycles. The number of nitrogens with zero attached hydrogens (tertiary/aromatic N) is 2. The summed E-state index contributed by atoms with van der Waals surface area (Å²) < 4.78 is 34.6. The van der Waals surface area contributed by atoms with Crippen molar-refractivity contribution in [3.8, 4) is 5.75 Å². The molecule has 1 aliphatic carbocycles. The van der Waals surface area contributed by atoms with Gasteiger partial charge in [-0.05, 0) is 74.7 Å². The SMILES string of the molecule is COc1ccc(Cl)cc1N(CC(=O)N(Cc1ccc(Cl)cc1)[C@H](C)C(=O)NC1CCCC1)S(=O)(=O)c1ccc(C)cc1. The van der Waals surface area contributed by atoms with Gasteiger partial charge in [0, 0.05) is 22.6 Å². The Balaban J connectivity index is 1.73. The highest BCUT2D eigenvalue weighted by Crippen LogP contribution is 2.35. The van der Waals surface area contributed by atoms with Gasteiger partial charge >= 0.3 is 0 Å². The zero-order valence-electron chi connectivity index (χ0n) is 23.8. The van der Waals surface area contributed by atoms with E-state index in [-0.39, 0.29) is 39.8 Å². The minimum atomic E-state index is -4.26. The van der Waals surface area contributed by atoms with Crippen LogP contribution in [0.3, 0.4) is 0 Å². The number of halogens is 2. The van der Waals surface area contributed by atoms with Gasteiger partial charge < -0.3 is 15.0 Å². The fourth-order valence-corrected chi connectivity index (χ4v) is 6.68. The molecule has 224 valence electrons. The smallest absolute Gasteiger partial charge is 0.264 e. The lowest BCUT2D eigenvalue weighted by Crippen LogP contribution is -2.52. The van der Waals surface area contributed by atoms with Gasteiger partial charge in [-0.3, -0.25) is 13.9 Å². The molecule has 3 aromatic carbocycles. The van der Waals surface area contributed by atoms with Crippen LogP contribution in [0.15, 0.2) is 71.6 Å². The number of nitrogens with one attached hydrogen (secondary N) is 1. The lowest BCUT2D eigenvalue weighted by molar-refractivity contribution is -0.139. The molecular weight excluding hydrogens is 597 g/mol. The molecule has 0 saturated heterocycles. The van der Waals surface area contributed by atoms with Crippen LogP contribution in [-0.2, 0) is 26.2 Å². The van der Waals surface area contributed by atoms with Crippen molar-refractivity contribution in [1.29, 1.82) is 0 Å². The van der Waals surface area contributed by atoms with Gasteiger partial charge in [0.25, 0.3) is 10.0 Å². The first-order chi connectivity index (χ1) is 20.0. The molecule has 1 N–H and O–H groups in total. The fraction of sp³-hybridized carbons (Fsp3) is 0.355. The van der Waals surface area contributed by atoms with Crippen molar-refractivity contribution in [3.63, 3.8) is 0 Å². The molecule has 2 amide bonds. The normalized spacial score (nSPS) is 14.3. The van der Waals surface area contributed by atoms with E-state index >= 15 is 0 Å². The summed E-state index contributed by atoms with van der Waals surface area (Å²) >= 11 is 12.4. The van der Waals surface area contributed by atoms with E-state index in [1.807, 2.05) is 6.92 Å². The highest BCUT2D eigenvalue weighted by Gasteiger charge is 2.34. The molecule has 0 unspecified atom stereocenters. The van der Waals surface area contributed by atoms with Gasteiger partial charge in [0.15, 0.2) is 0 Å². The number of ether oxygens (including phenoxy) is 1. The third-order valence-corrected chi connectivity index (χ3v) is 9.69. The molecule has 0 spiro atoms. The Bertz CT molecular complexity index is 1510. The molecule has 0 bridgehead atoms. The third kappa shape index (κ3) is 7.56. The molecule has 11 heteroatoms. The molecule has 1 aliphatic rings. The number of sulfonamides is 1. The second kappa shape index (κ2) is 13.8. The summed E-state index contributed by atoms with van der Waals surface area (Å²) in [5, 5.41) is 3.86. The zero-order chi connectivity index (χ0) is 30.4. The molecule has 1 atom stereocenters. The summed E-state index contributed by atoms with van der Waals surface area (Å²) in [6.45, 7) is 2.98. The number of amides is 2. The molecule has 0 radical (unpaired) electrons. The number of aryl methyl sites for hydroxylation is 1. The van der Waals surface area contributed by atoms with E-state index in [0.29, 0.717) is 5.02 Å². The van der Waals surface area contributed by atoms with Gasteiger partial charge in [0.05, 0.1) is 17.7 Å². The van der Waals surface area contributed by atoms with Gasteiger partial charge in [-0.1, -0.05) is 65.9 Å². The summed E-state index contributed by atoms with van der Waals surface area (Å²) in [6.07, 6.45) is 3.86. The first kappa shape index (κ1) is 31.7. The molecular formula is C31H35Cl2N3O5S. The zero-order valence-corrected chi connectivity index (χ0v) is 26.2. The Labute approximate surface area is 257 Å². The molecule has 8 nitrogen and oxygen atoms in total. The van der Waals surface area contributed by atoms with E-state index in [1.54, 1.807) is 55.5 Å². The fourth-order valence-electron chi connectivity index (χ4n) is 4.97. The number of rotatable bonds is 11. The second-order valence-corrected chi connectivity index (χ2v) is 13.2. The van der Waals surface area contributed by atoms with Crippen LogP contribution in [0.4, 0.5) is 5.69 Å². The maximum Gasteiger partial charge on any atom is 0.264 e. The average Bonchev–Trinajstić information content (AvgIpc) is 3.48. The molecule has 0 heterocycles. The van der Waals surface area contributed by atoms with E-state index in [9.17, 15) is 18.0 Å². The molecule has 4 rings (SSSR count). The predicted octanol–water partition coefficient (Wildman–Crippen LogP) is 5.98. The largest absolute Gasteiger partial charge is 0.495 e. The Kier molecular flexibility index (Phi) is 10.4. The van der Waals surface area contributed by atoms with Gasteiger partial charge in [-0.25, -0.2) is 8.42 Å². The molecule has 0 aliphatic heterocycles. The first-order valence-corrected chi connectivity index (χ1v) is 16.0. The maximum atomic E-state index is 14.1. The van der Waals surface area contributed by atoms with Crippen LogP contribution in [0.1, 0.15) is 43.7 Å². The van der Waals surface area contributed by atoms with Crippen molar-refractivity contribution in [1.82, 2.24) is 10.2 Å².